The van der Waals surface area contributed by atoms with Crippen LogP contribution >= 0.6 is 0 Å². The maximum atomic E-state index is 15.9. The van der Waals surface area contributed by atoms with Crippen LogP contribution in [0.25, 0.3) is 0 Å². The lowest BCUT2D eigenvalue weighted by atomic mass is 9.96. The van der Waals surface area contributed by atoms with Gasteiger partial charge in [-0.2, -0.15) is 6.07 Å². The summed E-state index contributed by atoms with van der Waals surface area (Å²) in [6.07, 6.45) is 5.77. The molecule has 0 spiro atoms. The van der Waals surface area contributed by atoms with Gasteiger partial charge >= 0.3 is 7.32 Å². The van der Waals surface area contributed by atoms with Gasteiger partial charge in [0.2, 0.25) is 0 Å². The van der Waals surface area contributed by atoms with Crippen molar-refractivity contribution in [2.75, 3.05) is 19.6 Å². The average Bonchev–Trinajstić information content (AvgIpc) is 3.15. The van der Waals surface area contributed by atoms with Crippen LogP contribution < -0.4 is 14.0 Å². The van der Waals surface area contributed by atoms with Crippen LogP contribution in [0.1, 0.15) is 70.9 Å². The normalized spacial score (nSPS) is 11.8. The third kappa shape index (κ3) is 11.4. The Morgan fingerprint density at radius 1 is 0.554 bits per heavy atom. The molecule has 0 aliphatic carbocycles. The third-order valence-electron chi connectivity index (χ3n) is 8.58. The molecule has 0 saturated heterocycles. The second-order valence-electron chi connectivity index (χ2n) is 12.5. The van der Waals surface area contributed by atoms with Gasteiger partial charge < -0.3 is 18.4 Å². The lowest BCUT2D eigenvalue weighted by molar-refractivity contribution is -0.951. The first-order chi connectivity index (χ1) is 26.5. The van der Waals surface area contributed by atoms with Gasteiger partial charge in [-0.15, -0.1) is 12.1 Å². The van der Waals surface area contributed by atoms with Crippen LogP contribution in [0.15, 0.2) is 55.1 Å². The lowest BCUT2D eigenvalue weighted by Gasteiger charge is -2.45. The molecule has 0 amide bonds. The number of hydrogen-bond acceptors (Lipinski definition) is 3. The fraction of sp³-hybridized carbons (Fsp3) is 0.333. The SMILES string of the molecule is C=CC(c1c(OB(Oc2cc(F)c(F)c(F)c2)Oc2cc(F)c(F)c(F)c2)cc(F)c(F)c1F)[N+](CCCC)(CCCC)CCCC.Fc1c[c-]cc(F)c1F. The zero-order chi connectivity index (χ0) is 41.7. The molecule has 0 aliphatic rings. The second-order valence-corrected chi connectivity index (χ2v) is 12.5. The summed E-state index contributed by atoms with van der Waals surface area (Å²) in [7, 11) is -2.36. The van der Waals surface area contributed by atoms with Gasteiger partial charge in [0.1, 0.15) is 23.3 Å². The van der Waals surface area contributed by atoms with E-state index in [9.17, 15) is 48.3 Å². The number of benzene rings is 4. The largest absolute Gasteiger partial charge is 0.864 e. The second kappa shape index (κ2) is 20.9. The maximum absolute atomic E-state index is 15.9. The van der Waals surface area contributed by atoms with Crippen LogP contribution in [0.4, 0.5) is 52.7 Å². The fourth-order valence-electron chi connectivity index (χ4n) is 5.78. The minimum absolute atomic E-state index is 0.187. The van der Waals surface area contributed by atoms with Gasteiger partial charge in [0.15, 0.2) is 52.4 Å². The molecule has 1 atom stereocenters. The number of rotatable bonds is 18. The van der Waals surface area contributed by atoms with Gasteiger partial charge in [-0.05, 0) is 25.3 Å². The highest BCUT2D eigenvalue weighted by molar-refractivity contribution is 6.39. The topological polar surface area (TPSA) is 27.7 Å². The monoisotopic (exact) mass is 807 g/mol. The Hall–Kier alpha value is -4.80. The van der Waals surface area contributed by atoms with E-state index < -0.39 is 106 Å². The summed E-state index contributed by atoms with van der Waals surface area (Å²) in [5.74, 6) is -21.8. The van der Waals surface area contributed by atoms with E-state index in [2.05, 4.69) is 12.6 Å². The van der Waals surface area contributed by atoms with Crippen molar-refractivity contribution in [2.45, 2.75) is 65.3 Å². The Balaban J connectivity index is 0.000000817. The number of hydrogen-bond donors (Lipinski definition) is 0. The van der Waals surface area contributed by atoms with Crippen molar-refractivity contribution in [3.8, 4) is 17.2 Å². The molecule has 304 valence electrons. The molecule has 4 rings (SSSR count). The first kappa shape index (κ1) is 45.6. The molecule has 56 heavy (non-hydrogen) atoms. The minimum atomic E-state index is -2.36. The van der Waals surface area contributed by atoms with Crippen molar-refractivity contribution in [3.63, 3.8) is 0 Å². The molecule has 0 radical (unpaired) electrons. The Morgan fingerprint density at radius 2 is 0.929 bits per heavy atom. The summed E-state index contributed by atoms with van der Waals surface area (Å²) in [6, 6.07) is 4.53. The molecule has 17 heteroatoms. The summed E-state index contributed by atoms with van der Waals surface area (Å²) in [6.45, 7) is 11.3. The maximum Gasteiger partial charge on any atom is 0.864 e. The Labute approximate surface area is 317 Å². The third-order valence-corrected chi connectivity index (χ3v) is 8.58. The van der Waals surface area contributed by atoms with Gasteiger partial charge in [-0.1, -0.05) is 46.6 Å². The molecular formula is C39H38BF12NO3. The van der Waals surface area contributed by atoms with Gasteiger partial charge in [0.05, 0.1) is 31.0 Å². The van der Waals surface area contributed by atoms with Crippen molar-refractivity contribution >= 4 is 7.32 Å². The predicted molar refractivity (Wildman–Crippen MR) is 184 cm³/mol. The molecule has 1 unspecified atom stereocenters. The molecular weight excluding hydrogens is 769 g/mol. The van der Waals surface area contributed by atoms with Crippen LogP contribution in [-0.4, -0.2) is 31.4 Å². The summed E-state index contributed by atoms with van der Waals surface area (Å²) < 4.78 is 181. The molecule has 4 aromatic carbocycles. The predicted octanol–water partition coefficient (Wildman–Crippen LogP) is 11.8. The van der Waals surface area contributed by atoms with E-state index in [1.54, 1.807) is 0 Å². The molecule has 0 fully saturated rings. The van der Waals surface area contributed by atoms with Gasteiger partial charge in [-0.3, -0.25) is 8.78 Å². The van der Waals surface area contributed by atoms with E-state index in [1.165, 1.54) is 6.08 Å². The Bertz CT molecular complexity index is 1800. The van der Waals surface area contributed by atoms with Crippen LogP contribution in [-0.2, 0) is 0 Å². The van der Waals surface area contributed by atoms with E-state index in [1.807, 2.05) is 20.8 Å². The van der Waals surface area contributed by atoms with Crippen LogP contribution in [0, 0.1) is 75.9 Å². The zero-order valence-electron chi connectivity index (χ0n) is 30.6. The molecule has 0 aliphatic heterocycles. The van der Waals surface area contributed by atoms with E-state index in [-0.39, 0.29) is 4.48 Å². The number of quaternary nitrogens is 1. The van der Waals surface area contributed by atoms with E-state index in [0.717, 1.165) is 31.4 Å². The highest BCUT2D eigenvalue weighted by Gasteiger charge is 2.42. The summed E-state index contributed by atoms with van der Waals surface area (Å²) in [5.41, 5.74) is -0.493. The van der Waals surface area contributed by atoms with Crippen LogP contribution in [0.2, 0.25) is 0 Å². The Morgan fingerprint density at radius 3 is 1.29 bits per heavy atom. The first-order valence-corrected chi connectivity index (χ1v) is 17.5. The fourth-order valence-corrected chi connectivity index (χ4v) is 5.78. The van der Waals surface area contributed by atoms with Gasteiger partial charge in [0, 0.05) is 42.0 Å². The molecule has 0 heterocycles. The lowest BCUT2D eigenvalue weighted by Crippen LogP contribution is -2.52. The van der Waals surface area contributed by atoms with Crippen molar-refractivity contribution in [1.82, 2.24) is 0 Å². The first-order valence-electron chi connectivity index (χ1n) is 17.5. The highest BCUT2D eigenvalue weighted by Crippen LogP contribution is 2.41. The molecule has 0 bridgehead atoms. The minimum Gasteiger partial charge on any atom is -0.489 e. The van der Waals surface area contributed by atoms with E-state index >= 15 is 4.39 Å². The van der Waals surface area contributed by atoms with Gasteiger partial charge in [0.25, 0.3) is 0 Å². The van der Waals surface area contributed by atoms with Crippen molar-refractivity contribution < 1.29 is 71.1 Å². The smallest absolute Gasteiger partial charge is 0.489 e. The van der Waals surface area contributed by atoms with Crippen LogP contribution in [0.5, 0.6) is 17.2 Å². The quantitative estimate of drug-likeness (QED) is 0.0250. The van der Waals surface area contributed by atoms with Crippen LogP contribution in [0.3, 0.4) is 0 Å². The highest BCUT2D eigenvalue weighted by atomic mass is 19.2. The zero-order valence-corrected chi connectivity index (χ0v) is 30.6. The summed E-state index contributed by atoms with van der Waals surface area (Å²) in [4.78, 5) is 0. The number of unbranched alkanes of at least 4 members (excludes halogenated alkanes) is 3. The van der Waals surface area contributed by atoms with E-state index in [0.29, 0.717) is 69.2 Å². The number of nitrogens with zero attached hydrogens (tertiary/aromatic N) is 1. The number of halogens is 12. The molecule has 0 aromatic heterocycles. The molecule has 4 aromatic rings. The van der Waals surface area contributed by atoms with Crippen molar-refractivity contribution in [1.29, 1.82) is 0 Å². The average molecular weight is 808 g/mol. The van der Waals surface area contributed by atoms with Crippen molar-refractivity contribution in [2.24, 2.45) is 0 Å². The van der Waals surface area contributed by atoms with E-state index in [4.69, 9.17) is 14.0 Å². The Kier molecular flexibility index (Phi) is 17.0. The summed E-state index contributed by atoms with van der Waals surface area (Å²) >= 11 is 0. The standard InChI is InChI=1S/C33H36BF9NO3.C6H2F3/c1-5-9-12-44(13-10-6-2,14-11-7-3)27(8-4)29-28(19-26(39)32(42)33(29)43)47-34(45-20-15-22(35)30(40)23(36)16-20)46-21-17-24(37)31(41)25(38)18-21;7-4-2-1-3-5(8)6(4)9/h8,15-19,27H,4-7,9-14H2,1-3H3;2-3H/q+1;-1. The van der Waals surface area contributed by atoms with Gasteiger partial charge in [-0.25, -0.2) is 43.9 Å². The van der Waals surface area contributed by atoms with Crippen molar-refractivity contribution in [3.05, 3.63) is 137 Å². The summed E-state index contributed by atoms with van der Waals surface area (Å²) in [5, 5.41) is 0. The molecule has 0 N–H and O–H groups in total. The molecule has 4 nitrogen and oxygen atoms in total. The molecule has 0 saturated carbocycles.